The molecule has 3 nitrogen and oxygen atoms in total. The van der Waals surface area contributed by atoms with Crippen molar-refractivity contribution in [2.75, 3.05) is 5.32 Å². The van der Waals surface area contributed by atoms with Crippen LogP contribution >= 0.6 is 0 Å². The summed E-state index contributed by atoms with van der Waals surface area (Å²) in [6.07, 6.45) is 5.08. The van der Waals surface area contributed by atoms with E-state index in [1.807, 2.05) is 24.1 Å². The third-order valence-electron chi connectivity index (χ3n) is 3.77. The summed E-state index contributed by atoms with van der Waals surface area (Å²) in [5, 5.41) is 7.82. The molecule has 1 aliphatic carbocycles. The Morgan fingerprint density at radius 1 is 1.39 bits per heavy atom. The minimum atomic E-state index is 0.407. The summed E-state index contributed by atoms with van der Waals surface area (Å²) >= 11 is 0. The van der Waals surface area contributed by atoms with Gasteiger partial charge in [0.05, 0.1) is 17.9 Å². The number of fused-ring (bicyclic) bond motifs is 1. The highest BCUT2D eigenvalue weighted by Crippen LogP contribution is 2.38. The van der Waals surface area contributed by atoms with Crippen molar-refractivity contribution in [2.24, 2.45) is 13.0 Å². The van der Waals surface area contributed by atoms with Crippen molar-refractivity contribution in [1.29, 1.82) is 0 Å². The molecule has 0 amide bonds. The molecule has 2 atom stereocenters. The van der Waals surface area contributed by atoms with Crippen molar-refractivity contribution in [3.05, 3.63) is 47.3 Å². The van der Waals surface area contributed by atoms with E-state index >= 15 is 0 Å². The first-order valence-corrected chi connectivity index (χ1v) is 6.48. The number of nitrogens with one attached hydrogen (secondary N) is 1. The van der Waals surface area contributed by atoms with E-state index < -0.39 is 0 Å². The van der Waals surface area contributed by atoms with Crippen LogP contribution in [0, 0.1) is 12.8 Å². The summed E-state index contributed by atoms with van der Waals surface area (Å²) in [6.45, 7) is 4.47. The smallest absolute Gasteiger partial charge is 0.0731 e. The van der Waals surface area contributed by atoms with Crippen LogP contribution in [0.2, 0.25) is 0 Å². The number of hydrogen-bond donors (Lipinski definition) is 1. The van der Waals surface area contributed by atoms with Crippen LogP contribution in [0.3, 0.4) is 0 Å². The van der Waals surface area contributed by atoms with Gasteiger partial charge in [0.25, 0.3) is 0 Å². The van der Waals surface area contributed by atoms with Crippen molar-refractivity contribution in [3.8, 4) is 0 Å². The molecule has 2 aromatic rings. The third kappa shape index (κ3) is 1.90. The number of nitrogens with zero attached hydrogens (tertiary/aromatic N) is 2. The number of anilines is 1. The van der Waals surface area contributed by atoms with E-state index in [0.717, 1.165) is 12.1 Å². The second kappa shape index (κ2) is 4.16. The molecule has 18 heavy (non-hydrogen) atoms. The average molecular weight is 241 g/mol. The molecule has 0 radical (unpaired) electrons. The average Bonchev–Trinajstić information content (AvgIpc) is 2.86. The van der Waals surface area contributed by atoms with E-state index in [-0.39, 0.29) is 0 Å². The number of benzene rings is 1. The maximum atomic E-state index is 4.21. The van der Waals surface area contributed by atoms with Crippen LogP contribution in [-0.2, 0) is 13.5 Å². The summed E-state index contributed by atoms with van der Waals surface area (Å²) in [6, 6.07) is 7.20. The fourth-order valence-corrected chi connectivity index (χ4v) is 2.86. The summed E-state index contributed by atoms with van der Waals surface area (Å²) in [5.74, 6) is 0.627. The molecule has 3 rings (SSSR count). The predicted molar refractivity (Wildman–Crippen MR) is 73.6 cm³/mol. The maximum Gasteiger partial charge on any atom is 0.0731 e. The van der Waals surface area contributed by atoms with Crippen molar-refractivity contribution in [2.45, 2.75) is 26.3 Å². The molecule has 3 heteroatoms. The molecular formula is C15H19N3. The highest BCUT2D eigenvalue weighted by atomic mass is 15.3. The number of aromatic nitrogens is 2. The van der Waals surface area contributed by atoms with Gasteiger partial charge in [0.15, 0.2) is 0 Å². The molecule has 1 aliphatic rings. The molecule has 0 aliphatic heterocycles. The van der Waals surface area contributed by atoms with Crippen LogP contribution in [0.25, 0.3) is 0 Å². The first-order valence-electron chi connectivity index (χ1n) is 6.48. The highest BCUT2D eigenvalue weighted by molar-refractivity contribution is 5.47. The van der Waals surface area contributed by atoms with Gasteiger partial charge in [-0.05, 0) is 30.4 Å². The van der Waals surface area contributed by atoms with Gasteiger partial charge < -0.3 is 5.32 Å². The van der Waals surface area contributed by atoms with Crippen molar-refractivity contribution < 1.29 is 0 Å². The zero-order valence-electron chi connectivity index (χ0n) is 11.1. The monoisotopic (exact) mass is 241 g/mol. The van der Waals surface area contributed by atoms with E-state index in [4.69, 9.17) is 0 Å². The van der Waals surface area contributed by atoms with Gasteiger partial charge in [0.1, 0.15) is 0 Å². The Labute approximate surface area is 108 Å². The first kappa shape index (κ1) is 11.3. The Hall–Kier alpha value is -1.77. The first-order chi connectivity index (χ1) is 8.63. The second-order valence-electron chi connectivity index (χ2n) is 5.41. The largest absolute Gasteiger partial charge is 0.375 e. The van der Waals surface area contributed by atoms with Gasteiger partial charge in [-0.15, -0.1) is 0 Å². The molecule has 0 unspecified atom stereocenters. The Balaban J connectivity index is 1.91. The Kier molecular flexibility index (Phi) is 2.62. The molecule has 1 aromatic carbocycles. The van der Waals surface area contributed by atoms with Crippen LogP contribution in [0.15, 0.2) is 30.6 Å². The van der Waals surface area contributed by atoms with Gasteiger partial charge in [-0.3, -0.25) is 4.68 Å². The van der Waals surface area contributed by atoms with E-state index in [1.54, 1.807) is 0 Å². The molecule has 1 N–H and O–H groups in total. The van der Waals surface area contributed by atoms with E-state index in [2.05, 4.69) is 42.5 Å². The Morgan fingerprint density at radius 3 is 2.94 bits per heavy atom. The molecule has 1 aromatic heterocycles. The minimum Gasteiger partial charge on any atom is -0.375 e. The molecular weight excluding hydrogens is 222 g/mol. The zero-order chi connectivity index (χ0) is 12.7. The normalized spacial score (nSPS) is 21.9. The molecule has 0 fully saturated rings. The van der Waals surface area contributed by atoms with Gasteiger partial charge in [0, 0.05) is 13.2 Å². The Bertz CT molecular complexity index is 571. The van der Waals surface area contributed by atoms with Crippen LogP contribution < -0.4 is 5.32 Å². The molecule has 0 saturated carbocycles. The van der Waals surface area contributed by atoms with Gasteiger partial charge in [-0.1, -0.05) is 30.7 Å². The summed E-state index contributed by atoms with van der Waals surface area (Å²) in [7, 11) is 1.95. The van der Waals surface area contributed by atoms with E-state index in [1.165, 1.54) is 16.7 Å². The molecule has 0 spiro atoms. The fourth-order valence-electron chi connectivity index (χ4n) is 2.86. The topological polar surface area (TPSA) is 29.9 Å². The van der Waals surface area contributed by atoms with E-state index in [9.17, 15) is 0 Å². The SMILES string of the molecule is Cc1ccc2c(c1)[C@H](Nc1cnn(C)c1)[C@H](C)C2. The molecule has 94 valence electrons. The Morgan fingerprint density at radius 2 is 2.22 bits per heavy atom. The summed E-state index contributed by atoms with van der Waals surface area (Å²) < 4.78 is 1.83. The van der Waals surface area contributed by atoms with Gasteiger partial charge in [0.2, 0.25) is 0 Å². The van der Waals surface area contributed by atoms with Crippen molar-refractivity contribution >= 4 is 5.69 Å². The molecule has 0 bridgehead atoms. The van der Waals surface area contributed by atoms with E-state index in [0.29, 0.717) is 12.0 Å². The quantitative estimate of drug-likeness (QED) is 0.875. The number of hydrogen-bond acceptors (Lipinski definition) is 2. The van der Waals surface area contributed by atoms with Crippen LogP contribution in [0.4, 0.5) is 5.69 Å². The number of aryl methyl sites for hydroxylation is 2. The van der Waals surface area contributed by atoms with Crippen LogP contribution in [0.1, 0.15) is 29.7 Å². The second-order valence-corrected chi connectivity index (χ2v) is 5.41. The lowest BCUT2D eigenvalue weighted by Gasteiger charge is -2.19. The predicted octanol–water partition coefficient (Wildman–Crippen LogP) is 3.07. The lowest BCUT2D eigenvalue weighted by Crippen LogP contribution is -2.14. The fraction of sp³-hybridized carbons (Fsp3) is 0.400. The lowest BCUT2D eigenvalue weighted by molar-refractivity contribution is 0.542. The summed E-state index contributed by atoms with van der Waals surface area (Å²) in [4.78, 5) is 0. The highest BCUT2D eigenvalue weighted by Gasteiger charge is 2.29. The number of rotatable bonds is 2. The van der Waals surface area contributed by atoms with Crippen LogP contribution in [0.5, 0.6) is 0 Å². The molecule has 0 saturated heterocycles. The van der Waals surface area contributed by atoms with Crippen molar-refractivity contribution in [1.82, 2.24) is 9.78 Å². The van der Waals surface area contributed by atoms with Gasteiger partial charge in [-0.25, -0.2) is 0 Å². The standard InChI is InChI=1S/C15H19N3/c1-10-4-5-12-7-11(2)15(14(12)6-10)17-13-8-16-18(3)9-13/h4-6,8-9,11,15,17H,7H2,1-3H3/t11-,15-/m1/s1. The lowest BCUT2D eigenvalue weighted by atomic mass is 10.0. The van der Waals surface area contributed by atoms with Gasteiger partial charge in [-0.2, -0.15) is 5.10 Å². The van der Waals surface area contributed by atoms with Crippen molar-refractivity contribution in [3.63, 3.8) is 0 Å². The maximum absolute atomic E-state index is 4.21. The van der Waals surface area contributed by atoms with Gasteiger partial charge >= 0.3 is 0 Å². The third-order valence-corrected chi connectivity index (χ3v) is 3.77. The zero-order valence-corrected chi connectivity index (χ0v) is 11.1. The molecule has 1 heterocycles. The summed E-state index contributed by atoms with van der Waals surface area (Å²) in [5.41, 5.74) is 5.37. The van der Waals surface area contributed by atoms with Crippen LogP contribution in [-0.4, -0.2) is 9.78 Å². The minimum absolute atomic E-state index is 0.407.